The molecule has 1 unspecified atom stereocenters. The molecule has 0 fully saturated rings. The quantitative estimate of drug-likeness (QED) is 0.551. The van der Waals surface area contributed by atoms with Crippen LogP contribution in [0.15, 0.2) is 37.8 Å². The van der Waals surface area contributed by atoms with Crippen LogP contribution in [0.5, 0.6) is 11.5 Å². The minimum Gasteiger partial charge on any atom is -0.490 e. The van der Waals surface area contributed by atoms with Crippen LogP contribution in [-0.4, -0.2) is 13.2 Å². The first-order chi connectivity index (χ1) is 9.65. The molecule has 3 nitrogen and oxygen atoms in total. The van der Waals surface area contributed by atoms with Gasteiger partial charge in [-0.2, -0.15) is 0 Å². The van der Waals surface area contributed by atoms with Crippen LogP contribution < -0.4 is 9.47 Å². The Balaban J connectivity index is 1.99. The molecule has 0 radical (unpaired) electrons. The van der Waals surface area contributed by atoms with E-state index in [-0.39, 0.29) is 4.83 Å². The van der Waals surface area contributed by atoms with Crippen LogP contribution in [0, 0.1) is 0 Å². The van der Waals surface area contributed by atoms with E-state index in [0.29, 0.717) is 17.9 Å². The number of rotatable bonds is 2. The van der Waals surface area contributed by atoms with Crippen molar-refractivity contribution in [2.24, 2.45) is 0 Å². The van der Waals surface area contributed by atoms with E-state index < -0.39 is 0 Å². The Labute approximate surface area is 142 Å². The molecule has 20 heavy (non-hydrogen) atoms. The Hall–Kier alpha value is -0.460. The average molecular weight is 467 g/mol. The topological polar surface area (TPSA) is 31.6 Å². The SMILES string of the molecule is Brc1ccc(C(Br)c2cc3c(cc2Br)OCCCO3)o1. The largest absolute Gasteiger partial charge is 0.490 e. The number of hydrogen-bond donors (Lipinski definition) is 0. The minimum atomic E-state index is -0.0553. The number of furan rings is 1. The summed E-state index contributed by atoms with van der Waals surface area (Å²) in [6, 6.07) is 7.74. The number of fused-ring (bicyclic) bond motifs is 1. The van der Waals surface area contributed by atoms with E-state index in [1.165, 1.54) is 0 Å². The summed E-state index contributed by atoms with van der Waals surface area (Å²) < 4.78 is 18.7. The first-order valence-corrected chi connectivity index (χ1v) is 8.63. The predicted molar refractivity (Wildman–Crippen MR) is 86.9 cm³/mol. The van der Waals surface area contributed by atoms with Crippen LogP contribution in [0.2, 0.25) is 0 Å². The van der Waals surface area contributed by atoms with Gasteiger partial charge in [-0.1, -0.05) is 31.9 Å². The Morgan fingerprint density at radius 3 is 2.35 bits per heavy atom. The third kappa shape index (κ3) is 2.92. The molecule has 0 amide bonds. The molecule has 0 saturated heterocycles. The van der Waals surface area contributed by atoms with Crippen molar-refractivity contribution in [3.63, 3.8) is 0 Å². The van der Waals surface area contributed by atoms with Gasteiger partial charge in [-0.3, -0.25) is 0 Å². The summed E-state index contributed by atoms with van der Waals surface area (Å²) in [5.74, 6) is 2.38. The van der Waals surface area contributed by atoms with Crippen molar-refractivity contribution in [2.75, 3.05) is 13.2 Å². The predicted octanol–water partition coefficient (Wildman–Crippen LogP) is 5.45. The molecule has 106 valence electrons. The number of alkyl halides is 1. The Morgan fingerprint density at radius 1 is 1.00 bits per heavy atom. The van der Waals surface area contributed by atoms with Gasteiger partial charge in [0.15, 0.2) is 16.2 Å². The molecule has 1 atom stereocenters. The highest BCUT2D eigenvalue weighted by molar-refractivity contribution is 9.11. The van der Waals surface area contributed by atoms with Crippen molar-refractivity contribution < 1.29 is 13.9 Å². The Bertz CT molecular complexity index is 624. The lowest BCUT2D eigenvalue weighted by Gasteiger charge is -2.14. The lowest BCUT2D eigenvalue weighted by atomic mass is 10.1. The molecule has 2 aromatic rings. The summed E-state index contributed by atoms with van der Waals surface area (Å²) in [6.45, 7) is 1.36. The molecular formula is C14H11Br3O3. The van der Waals surface area contributed by atoms with E-state index in [1.807, 2.05) is 24.3 Å². The number of ether oxygens (including phenoxy) is 2. The van der Waals surface area contributed by atoms with Crippen molar-refractivity contribution in [2.45, 2.75) is 11.2 Å². The van der Waals surface area contributed by atoms with Crippen molar-refractivity contribution in [3.8, 4) is 11.5 Å². The smallest absolute Gasteiger partial charge is 0.169 e. The van der Waals surface area contributed by atoms with Crippen molar-refractivity contribution in [1.82, 2.24) is 0 Å². The van der Waals surface area contributed by atoms with Gasteiger partial charge >= 0.3 is 0 Å². The summed E-state index contributed by atoms with van der Waals surface area (Å²) >= 11 is 10.6. The average Bonchev–Trinajstić information content (AvgIpc) is 2.73. The second-order valence-corrected chi connectivity index (χ2v) is 6.93. The van der Waals surface area contributed by atoms with Gasteiger partial charge in [-0.05, 0) is 45.8 Å². The maximum atomic E-state index is 5.73. The fourth-order valence-corrected chi connectivity index (χ4v) is 3.81. The zero-order valence-electron chi connectivity index (χ0n) is 10.4. The van der Waals surface area contributed by atoms with Crippen LogP contribution in [0.25, 0.3) is 0 Å². The van der Waals surface area contributed by atoms with E-state index in [0.717, 1.165) is 33.7 Å². The molecule has 1 aromatic heterocycles. The molecular weight excluding hydrogens is 456 g/mol. The maximum absolute atomic E-state index is 5.73. The number of halogens is 3. The van der Waals surface area contributed by atoms with Crippen molar-refractivity contribution in [1.29, 1.82) is 0 Å². The van der Waals surface area contributed by atoms with Crippen LogP contribution in [-0.2, 0) is 0 Å². The van der Waals surface area contributed by atoms with Gasteiger partial charge in [0.25, 0.3) is 0 Å². The van der Waals surface area contributed by atoms with Gasteiger partial charge in [-0.15, -0.1) is 0 Å². The van der Waals surface area contributed by atoms with Crippen molar-refractivity contribution >= 4 is 47.8 Å². The molecule has 1 aromatic carbocycles. The third-order valence-electron chi connectivity index (χ3n) is 2.98. The van der Waals surface area contributed by atoms with Gasteiger partial charge in [0.1, 0.15) is 5.76 Å². The first kappa shape index (κ1) is 14.5. The lowest BCUT2D eigenvalue weighted by Crippen LogP contribution is -1.97. The van der Waals surface area contributed by atoms with Crippen LogP contribution in [0.4, 0.5) is 0 Å². The molecule has 1 aliphatic heterocycles. The fourth-order valence-electron chi connectivity index (χ4n) is 2.01. The van der Waals surface area contributed by atoms with E-state index >= 15 is 0 Å². The summed E-state index contributed by atoms with van der Waals surface area (Å²) in [5.41, 5.74) is 1.04. The molecule has 3 rings (SSSR count). The van der Waals surface area contributed by atoms with E-state index in [4.69, 9.17) is 13.9 Å². The standard InChI is InChI=1S/C14H11Br3O3/c15-9-7-12-11(18-4-1-5-19-12)6-8(9)14(17)10-2-3-13(16)20-10/h2-3,6-7,14H,1,4-5H2. The highest BCUT2D eigenvalue weighted by Gasteiger charge is 2.21. The molecule has 0 saturated carbocycles. The van der Waals surface area contributed by atoms with Gasteiger partial charge < -0.3 is 13.9 Å². The lowest BCUT2D eigenvalue weighted by molar-refractivity contribution is 0.297. The molecule has 0 bridgehead atoms. The van der Waals surface area contributed by atoms with Gasteiger partial charge in [-0.25, -0.2) is 0 Å². The zero-order valence-corrected chi connectivity index (χ0v) is 15.1. The van der Waals surface area contributed by atoms with E-state index in [9.17, 15) is 0 Å². The fraction of sp³-hybridized carbons (Fsp3) is 0.286. The summed E-state index contributed by atoms with van der Waals surface area (Å²) in [5, 5.41) is 0. The molecule has 1 aliphatic rings. The van der Waals surface area contributed by atoms with Crippen LogP contribution in [0.1, 0.15) is 22.6 Å². The zero-order chi connectivity index (χ0) is 14.1. The molecule has 2 heterocycles. The summed E-state index contributed by atoms with van der Waals surface area (Å²) in [7, 11) is 0. The number of benzene rings is 1. The first-order valence-electron chi connectivity index (χ1n) is 6.13. The van der Waals surface area contributed by atoms with Crippen LogP contribution in [0.3, 0.4) is 0 Å². The van der Waals surface area contributed by atoms with Gasteiger partial charge in [0.05, 0.1) is 18.0 Å². The number of hydrogen-bond acceptors (Lipinski definition) is 3. The van der Waals surface area contributed by atoms with Gasteiger partial charge in [0, 0.05) is 10.9 Å². The maximum Gasteiger partial charge on any atom is 0.169 e. The third-order valence-corrected chi connectivity index (χ3v) is 5.04. The van der Waals surface area contributed by atoms with Crippen LogP contribution >= 0.6 is 47.8 Å². The summed E-state index contributed by atoms with van der Waals surface area (Å²) in [4.78, 5) is -0.0553. The van der Waals surface area contributed by atoms with Gasteiger partial charge in [0.2, 0.25) is 0 Å². The summed E-state index contributed by atoms with van der Waals surface area (Å²) in [6.07, 6.45) is 0.893. The highest BCUT2D eigenvalue weighted by atomic mass is 79.9. The second kappa shape index (κ2) is 6.12. The van der Waals surface area contributed by atoms with Crippen molar-refractivity contribution in [3.05, 3.63) is 44.7 Å². The molecule has 0 aliphatic carbocycles. The molecule has 6 heteroatoms. The monoisotopic (exact) mass is 464 g/mol. The second-order valence-electron chi connectivity index (χ2n) is 4.38. The Kier molecular flexibility index (Phi) is 4.43. The normalized spacial score (nSPS) is 15.8. The Morgan fingerprint density at radius 2 is 1.70 bits per heavy atom. The van der Waals surface area contributed by atoms with E-state index in [1.54, 1.807) is 0 Å². The minimum absolute atomic E-state index is 0.0553. The molecule has 0 N–H and O–H groups in total. The highest BCUT2D eigenvalue weighted by Crippen LogP contribution is 2.42. The van der Waals surface area contributed by atoms with E-state index in [2.05, 4.69) is 47.8 Å². The molecule has 0 spiro atoms.